The predicted molar refractivity (Wildman–Crippen MR) is 81.0 cm³/mol. The summed E-state index contributed by atoms with van der Waals surface area (Å²) < 4.78 is 5.56. The van der Waals surface area contributed by atoms with Gasteiger partial charge < -0.3 is 20.7 Å². The molecule has 0 unspecified atom stereocenters. The summed E-state index contributed by atoms with van der Waals surface area (Å²) >= 11 is 0. The standard InChI is InChI=1S/C14H25N5O/c1-11(2)20-14-12(15)13(17-10-18-14)16-6-9-19-7-4-3-5-8-19/h10-11H,3-9,15H2,1-2H3,(H,16,17,18). The minimum atomic E-state index is 0.0494. The average molecular weight is 279 g/mol. The largest absolute Gasteiger partial charge is 0.473 e. The molecule has 20 heavy (non-hydrogen) atoms. The molecule has 1 saturated heterocycles. The molecule has 1 aromatic heterocycles. The lowest BCUT2D eigenvalue weighted by Crippen LogP contribution is -2.33. The van der Waals surface area contributed by atoms with Crippen molar-refractivity contribution in [1.29, 1.82) is 0 Å². The second-order valence-corrected chi connectivity index (χ2v) is 5.44. The van der Waals surface area contributed by atoms with Gasteiger partial charge in [-0.3, -0.25) is 0 Å². The van der Waals surface area contributed by atoms with Crippen LogP contribution >= 0.6 is 0 Å². The molecule has 2 rings (SSSR count). The maximum atomic E-state index is 6.02. The fraction of sp³-hybridized carbons (Fsp3) is 0.714. The van der Waals surface area contributed by atoms with Crippen LogP contribution in [-0.4, -0.2) is 47.2 Å². The Morgan fingerprint density at radius 1 is 1.30 bits per heavy atom. The predicted octanol–water partition coefficient (Wildman–Crippen LogP) is 1.74. The second-order valence-electron chi connectivity index (χ2n) is 5.44. The summed E-state index contributed by atoms with van der Waals surface area (Å²) in [6.07, 6.45) is 5.51. The van der Waals surface area contributed by atoms with Crippen molar-refractivity contribution in [2.75, 3.05) is 37.2 Å². The van der Waals surface area contributed by atoms with Crippen LogP contribution in [0.4, 0.5) is 11.5 Å². The van der Waals surface area contributed by atoms with Crippen molar-refractivity contribution >= 4 is 11.5 Å². The Morgan fingerprint density at radius 2 is 2.05 bits per heavy atom. The molecule has 6 heteroatoms. The molecule has 1 aliphatic rings. The molecule has 0 aliphatic carbocycles. The Morgan fingerprint density at radius 3 is 2.75 bits per heavy atom. The van der Waals surface area contributed by atoms with Gasteiger partial charge in [0.15, 0.2) is 5.82 Å². The van der Waals surface area contributed by atoms with Crippen LogP contribution in [0.25, 0.3) is 0 Å². The lowest BCUT2D eigenvalue weighted by atomic mass is 10.1. The Kier molecular flexibility index (Phi) is 5.40. The fourth-order valence-corrected chi connectivity index (χ4v) is 2.35. The van der Waals surface area contributed by atoms with E-state index in [1.54, 1.807) is 0 Å². The minimum Gasteiger partial charge on any atom is -0.473 e. The van der Waals surface area contributed by atoms with E-state index in [1.165, 1.54) is 38.7 Å². The molecule has 0 bridgehead atoms. The van der Waals surface area contributed by atoms with Crippen molar-refractivity contribution in [3.8, 4) is 5.88 Å². The van der Waals surface area contributed by atoms with Crippen LogP contribution in [0.3, 0.4) is 0 Å². The number of nitrogens with zero attached hydrogens (tertiary/aromatic N) is 3. The van der Waals surface area contributed by atoms with Crippen LogP contribution in [0.2, 0.25) is 0 Å². The quantitative estimate of drug-likeness (QED) is 0.826. The zero-order chi connectivity index (χ0) is 14.4. The topological polar surface area (TPSA) is 76.3 Å². The van der Waals surface area contributed by atoms with E-state index in [0.29, 0.717) is 17.4 Å². The number of piperidine rings is 1. The first kappa shape index (κ1) is 14.8. The van der Waals surface area contributed by atoms with Gasteiger partial charge in [0.2, 0.25) is 5.88 Å². The van der Waals surface area contributed by atoms with Crippen LogP contribution in [0.15, 0.2) is 6.33 Å². The highest BCUT2D eigenvalue weighted by Crippen LogP contribution is 2.25. The molecule has 0 saturated carbocycles. The first-order valence-corrected chi connectivity index (χ1v) is 7.40. The molecule has 3 N–H and O–H groups in total. The second kappa shape index (κ2) is 7.28. The number of rotatable bonds is 6. The van der Waals surface area contributed by atoms with Crippen LogP contribution in [0, 0.1) is 0 Å². The number of hydrogen-bond donors (Lipinski definition) is 2. The molecule has 112 valence electrons. The summed E-state index contributed by atoms with van der Waals surface area (Å²) in [5.41, 5.74) is 6.51. The van der Waals surface area contributed by atoms with Crippen LogP contribution in [-0.2, 0) is 0 Å². The number of anilines is 2. The average Bonchev–Trinajstić information content (AvgIpc) is 2.43. The molecule has 6 nitrogen and oxygen atoms in total. The molecule has 1 fully saturated rings. The number of hydrogen-bond acceptors (Lipinski definition) is 6. The molecule has 2 heterocycles. The maximum Gasteiger partial charge on any atom is 0.242 e. The zero-order valence-electron chi connectivity index (χ0n) is 12.4. The number of ether oxygens (including phenoxy) is 1. The van der Waals surface area contributed by atoms with Crippen LogP contribution in [0.5, 0.6) is 5.88 Å². The Bertz CT molecular complexity index is 418. The molecule has 0 atom stereocenters. The summed E-state index contributed by atoms with van der Waals surface area (Å²) in [6.45, 7) is 8.15. The monoisotopic (exact) mass is 279 g/mol. The van der Waals surface area contributed by atoms with Gasteiger partial charge in [-0.25, -0.2) is 4.98 Å². The van der Waals surface area contributed by atoms with Gasteiger partial charge in [0, 0.05) is 13.1 Å². The first-order chi connectivity index (χ1) is 9.66. The van der Waals surface area contributed by atoms with E-state index in [2.05, 4.69) is 20.2 Å². The van der Waals surface area contributed by atoms with Gasteiger partial charge in [-0.05, 0) is 39.8 Å². The Hall–Kier alpha value is -1.56. The van der Waals surface area contributed by atoms with Crippen molar-refractivity contribution in [3.05, 3.63) is 6.33 Å². The summed E-state index contributed by atoms with van der Waals surface area (Å²) in [7, 11) is 0. The van der Waals surface area contributed by atoms with E-state index in [1.807, 2.05) is 13.8 Å². The van der Waals surface area contributed by atoms with E-state index >= 15 is 0 Å². The summed E-state index contributed by atoms with van der Waals surface area (Å²) in [4.78, 5) is 10.7. The third-order valence-electron chi connectivity index (χ3n) is 3.36. The SMILES string of the molecule is CC(C)Oc1ncnc(NCCN2CCCCC2)c1N. The Labute approximate surface area is 120 Å². The lowest BCUT2D eigenvalue weighted by molar-refractivity contribution is 0.233. The molecule has 0 aromatic carbocycles. The van der Waals surface area contributed by atoms with E-state index in [4.69, 9.17) is 10.5 Å². The number of nitrogens with one attached hydrogen (secondary N) is 1. The van der Waals surface area contributed by atoms with Crippen molar-refractivity contribution in [3.63, 3.8) is 0 Å². The van der Waals surface area contributed by atoms with Gasteiger partial charge in [0.25, 0.3) is 0 Å². The van der Waals surface area contributed by atoms with Crippen LogP contribution in [0.1, 0.15) is 33.1 Å². The number of nitrogen functional groups attached to an aromatic ring is 1. The van der Waals surface area contributed by atoms with E-state index < -0.39 is 0 Å². The summed E-state index contributed by atoms with van der Waals surface area (Å²) in [5, 5.41) is 3.28. The molecular formula is C14H25N5O. The Balaban J connectivity index is 1.85. The smallest absolute Gasteiger partial charge is 0.242 e. The van der Waals surface area contributed by atoms with Crippen molar-refractivity contribution in [1.82, 2.24) is 14.9 Å². The normalized spacial score (nSPS) is 16.4. The number of likely N-dealkylation sites (tertiary alicyclic amines) is 1. The van der Waals surface area contributed by atoms with Crippen LogP contribution < -0.4 is 15.8 Å². The summed E-state index contributed by atoms with van der Waals surface area (Å²) in [6, 6.07) is 0. The molecular weight excluding hydrogens is 254 g/mol. The molecule has 0 radical (unpaired) electrons. The molecule has 1 aromatic rings. The maximum absolute atomic E-state index is 6.02. The minimum absolute atomic E-state index is 0.0494. The first-order valence-electron chi connectivity index (χ1n) is 7.40. The molecule has 0 spiro atoms. The lowest BCUT2D eigenvalue weighted by Gasteiger charge is -2.26. The van der Waals surface area contributed by atoms with Gasteiger partial charge in [0.05, 0.1) is 6.10 Å². The van der Waals surface area contributed by atoms with E-state index in [-0.39, 0.29) is 6.10 Å². The van der Waals surface area contributed by atoms with Gasteiger partial charge in [-0.2, -0.15) is 4.98 Å². The van der Waals surface area contributed by atoms with Crippen molar-refractivity contribution in [2.24, 2.45) is 0 Å². The fourth-order valence-electron chi connectivity index (χ4n) is 2.35. The molecule has 0 amide bonds. The van der Waals surface area contributed by atoms with E-state index in [0.717, 1.165) is 13.1 Å². The van der Waals surface area contributed by atoms with Crippen molar-refractivity contribution in [2.45, 2.75) is 39.2 Å². The van der Waals surface area contributed by atoms with E-state index in [9.17, 15) is 0 Å². The number of aromatic nitrogens is 2. The third-order valence-corrected chi connectivity index (χ3v) is 3.36. The highest BCUT2D eigenvalue weighted by molar-refractivity contribution is 5.66. The highest BCUT2D eigenvalue weighted by Gasteiger charge is 2.12. The summed E-state index contributed by atoms with van der Waals surface area (Å²) in [5.74, 6) is 1.11. The van der Waals surface area contributed by atoms with Gasteiger partial charge in [-0.15, -0.1) is 0 Å². The zero-order valence-corrected chi connectivity index (χ0v) is 12.4. The van der Waals surface area contributed by atoms with Crippen molar-refractivity contribution < 1.29 is 4.74 Å². The van der Waals surface area contributed by atoms with Gasteiger partial charge in [0.1, 0.15) is 12.0 Å². The highest BCUT2D eigenvalue weighted by atomic mass is 16.5. The third kappa shape index (κ3) is 4.23. The van der Waals surface area contributed by atoms with Gasteiger partial charge in [-0.1, -0.05) is 6.42 Å². The molecule has 1 aliphatic heterocycles. The number of nitrogens with two attached hydrogens (primary N) is 1. The van der Waals surface area contributed by atoms with Gasteiger partial charge >= 0.3 is 0 Å².